The van der Waals surface area contributed by atoms with Crippen molar-refractivity contribution in [2.45, 2.75) is 27.4 Å². The van der Waals surface area contributed by atoms with E-state index in [-0.39, 0.29) is 38.3 Å². The molecular formula is C23H24ClFN10O6S4. The van der Waals surface area contributed by atoms with Crippen molar-refractivity contribution in [3.05, 3.63) is 39.1 Å². The normalized spacial score (nSPS) is 18.4. The van der Waals surface area contributed by atoms with Crippen LogP contribution in [0.5, 0.6) is 0 Å². The van der Waals surface area contributed by atoms with Gasteiger partial charge in [0.2, 0.25) is 6.41 Å². The number of oxime groups is 1. The number of aromatic nitrogens is 2. The summed E-state index contributed by atoms with van der Waals surface area (Å²) in [5.74, 6) is -2.80. The molecule has 0 aromatic carbocycles. The first-order valence-corrected chi connectivity index (χ1v) is 16.5. The Morgan fingerprint density at radius 1 is 1.42 bits per heavy atom. The fourth-order valence-corrected chi connectivity index (χ4v) is 8.51. The molecule has 0 radical (unpaired) electrons. The lowest BCUT2D eigenvalue weighted by molar-refractivity contribution is -0.150. The molecule has 2 aliphatic rings. The third kappa shape index (κ3) is 8.09. The smallest absolute Gasteiger partial charge is 0.353 e. The number of hydrogen-bond donors (Lipinski definition) is 7. The summed E-state index contributed by atoms with van der Waals surface area (Å²) in [6.07, 6.45) is 2.91. The van der Waals surface area contributed by atoms with Crippen LogP contribution in [0.2, 0.25) is 4.34 Å². The van der Waals surface area contributed by atoms with E-state index in [4.69, 9.17) is 33.3 Å². The molecule has 0 saturated carbocycles. The lowest BCUT2D eigenvalue weighted by atomic mass is 10.0. The quantitative estimate of drug-likeness (QED) is 0.0195. The monoisotopic (exact) mass is 718 g/mol. The highest BCUT2D eigenvalue weighted by molar-refractivity contribution is 8.07. The van der Waals surface area contributed by atoms with Gasteiger partial charge in [0.05, 0.1) is 0 Å². The number of thioether (sulfide) groups is 3. The summed E-state index contributed by atoms with van der Waals surface area (Å²) in [6, 6.07) is 0.563. The second-order valence-electron chi connectivity index (χ2n) is 8.70. The van der Waals surface area contributed by atoms with Gasteiger partial charge in [-0.15, -0.1) is 23.5 Å². The fourth-order valence-electron chi connectivity index (χ4n) is 3.95. The molecule has 1 saturated heterocycles. The Balaban J connectivity index is 1.52. The van der Waals surface area contributed by atoms with Crippen molar-refractivity contribution in [3.63, 3.8) is 0 Å². The molecule has 22 heteroatoms. The van der Waals surface area contributed by atoms with Crippen LogP contribution in [0.15, 0.2) is 44.0 Å². The number of hydrogen-bond acceptors (Lipinski definition) is 14. The highest BCUT2D eigenvalue weighted by Gasteiger charge is 2.54. The maximum absolute atomic E-state index is 13.3. The number of rotatable bonds is 15. The van der Waals surface area contributed by atoms with Crippen LogP contribution in [-0.4, -0.2) is 98.2 Å². The minimum Gasteiger partial charge on any atom is -0.477 e. The maximum atomic E-state index is 13.3. The van der Waals surface area contributed by atoms with E-state index in [1.165, 1.54) is 29.7 Å². The summed E-state index contributed by atoms with van der Waals surface area (Å²) in [5.41, 5.74) is 10.3. The number of pyridine rings is 1. The minimum atomic E-state index is -1.34. The number of alkyl halides is 1. The van der Waals surface area contributed by atoms with Gasteiger partial charge in [-0.1, -0.05) is 39.9 Å². The molecule has 2 aromatic heterocycles. The average molecular weight is 719 g/mol. The Bertz CT molecular complexity index is 1560. The zero-order valence-corrected chi connectivity index (χ0v) is 26.7. The summed E-state index contributed by atoms with van der Waals surface area (Å²) >= 11 is 10.7. The zero-order chi connectivity index (χ0) is 32.7. The van der Waals surface area contributed by atoms with Crippen molar-refractivity contribution in [3.8, 4) is 0 Å². The van der Waals surface area contributed by atoms with Crippen LogP contribution >= 0.6 is 58.2 Å². The standard InChI is InChI=1S/C23H24ClFN10O6S4/c24-17-13(33-23(28)45-17)14(34-41-4-2-25)18(37)32-15-19(38)35-16(21(39)40)11(6-43-20(15)35)44-9-1-3-29-5-10(9)42-7-12(30-8-36)31-22(26)27/h1,3,5,8,12,15,20H,2,4,6-7H2,(H2,28,33)(H,30,36)(H,32,37)(H,39,40)(H4,26,27,31)/b34-14-/t12?,15-,20+/m1/s1. The molecule has 4 rings (SSSR count). The van der Waals surface area contributed by atoms with Gasteiger partial charge in [-0.2, -0.15) is 0 Å². The molecule has 2 aromatic rings. The Kier molecular flexibility index (Phi) is 11.7. The molecule has 1 fully saturated rings. The van der Waals surface area contributed by atoms with Crippen molar-refractivity contribution in [1.82, 2.24) is 30.8 Å². The largest absolute Gasteiger partial charge is 0.477 e. The lowest BCUT2D eigenvalue weighted by Crippen LogP contribution is -2.71. The van der Waals surface area contributed by atoms with Crippen LogP contribution in [0.25, 0.3) is 0 Å². The number of nitrogen functional groups attached to an aromatic ring is 1. The molecular weight excluding hydrogens is 695 g/mol. The average Bonchev–Trinajstić information content (AvgIpc) is 3.33. The number of halogens is 2. The molecule has 1 unspecified atom stereocenters. The summed E-state index contributed by atoms with van der Waals surface area (Å²) in [7, 11) is 0. The van der Waals surface area contributed by atoms with E-state index >= 15 is 0 Å². The van der Waals surface area contributed by atoms with E-state index in [0.717, 1.165) is 28.0 Å². The Morgan fingerprint density at radius 2 is 2.20 bits per heavy atom. The highest BCUT2D eigenvalue weighted by Crippen LogP contribution is 2.46. The molecule has 0 bridgehead atoms. The van der Waals surface area contributed by atoms with Crippen LogP contribution in [-0.2, 0) is 24.0 Å². The Morgan fingerprint density at radius 3 is 2.84 bits per heavy atom. The SMILES string of the molecule is N=C(N)NC(CSc1cnccc1SC1=C(C(=O)O)N2C(=O)[C@@H](NC(=O)/C(=N\OCCF)c3nc(N)sc3Cl)[C@@H]2SC1)NC=O. The number of nitrogens with one attached hydrogen (secondary N) is 4. The van der Waals surface area contributed by atoms with Crippen molar-refractivity contribution in [2.24, 2.45) is 10.9 Å². The van der Waals surface area contributed by atoms with E-state index in [1.54, 1.807) is 12.3 Å². The molecule has 4 heterocycles. The summed E-state index contributed by atoms with van der Waals surface area (Å²) in [5, 5.41) is 28.1. The number of carboxylic acids is 1. The first kappa shape index (κ1) is 34.1. The number of fused-ring (bicyclic) bond motifs is 1. The van der Waals surface area contributed by atoms with E-state index in [1.807, 2.05) is 0 Å². The molecule has 2 aliphatic heterocycles. The molecule has 3 atom stereocenters. The van der Waals surface area contributed by atoms with E-state index in [0.29, 0.717) is 21.1 Å². The van der Waals surface area contributed by atoms with Gasteiger partial charge in [-0.25, -0.2) is 14.2 Å². The third-order valence-corrected chi connectivity index (χ3v) is 10.7. The zero-order valence-electron chi connectivity index (χ0n) is 22.7. The minimum absolute atomic E-state index is 0.0240. The topological polar surface area (TPSA) is 251 Å². The number of aliphatic carboxylic acids is 1. The fraction of sp³-hybridized carbons (Fsp3) is 0.304. The molecule has 9 N–H and O–H groups in total. The predicted octanol–water partition coefficient (Wildman–Crippen LogP) is 0.600. The lowest BCUT2D eigenvalue weighted by Gasteiger charge is -2.49. The van der Waals surface area contributed by atoms with Crippen LogP contribution in [0.1, 0.15) is 5.69 Å². The van der Waals surface area contributed by atoms with E-state index < -0.39 is 54.4 Å². The van der Waals surface area contributed by atoms with Gasteiger partial charge in [0.25, 0.3) is 11.8 Å². The predicted molar refractivity (Wildman–Crippen MR) is 169 cm³/mol. The maximum Gasteiger partial charge on any atom is 0.353 e. The molecule has 3 amide bonds. The molecule has 240 valence electrons. The molecule has 0 aliphatic carbocycles. The second-order valence-corrected chi connectivity index (χ2v) is 13.6. The molecule has 45 heavy (non-hydrogen) atoms. The van der Waals surface area contributed by atoms with Crippen LogP contribution in [0.3, 0.4) is 0 Å². The number of carbonyl (C=O) groups excluding carboxylic acids is 3. The van der Waals surface area contributed by atoms with Crippen LogP contribution in [0, 0.1) is 5.41 Å². The summed E-state index contributed by atoms with van der Waals surface area (Å²) in [4.78, 5) is 65.5. The second kappa shape index (κ2) is 15.5. The van der Waals surface area contributed by atoms with Crippen molar-refractivity contribution in [1.29, 1.82) is 5.41 Å². The number of β-lactam (4-membered cyclic amide) rings is 1. The molecule has 16 nitrogen and oxygen atoms in total. The van der Waals surface area contributed by atoms with Crippen molar-refractivity contribution >= 4 is 99.2 Å². The third-order valence-electron chi connectivity index (χ3n) is 5.77. The summed E-state index contributed by atoms with van der Waals surface area (Å²) < 4.78 is 12.6. The number of anilines is 1. The van der Waals surface area contributed by atoms with Crippen LogP contribution in [0.4, 0.5) is 9.52 Å². The van der Waals surface area contributed by atoms with E-state index in [9.17, 15) is 28.7 Å². The first-order valence-electron chi connectivity index (χ1n) is 12.5. The summed E-state index contributed by atoms with van der Waals surface area (Å²) in [6.45, 7) is -1.32. The number of carbonyl (C=O) groups is 4. The van der Waals surface area contributed by atoms with E-state index in [2.05, 4.69) is 31.1 Å². The molecule has 0 spiro atoms. The highest BCUT2D eigenvalue weighted by atomic mass is 35.5. The Hall–Kier alpha value is -3.79. The van der Waals surface area contributed by atoms with Gasteiger partial charge in [-0.3, -0.25) is 29.7 Å². The Labute approximate surface area is 275 Å². The number of amides is 3. The number of thiazole rings is 1. The van der Waals surface area contributed by atoms with Gasteiger partial charge >= 0.3 is 5.97 Å². The number of carboxylic acid groups (broad SMARTS) is 1. The number of nitrogens with two attached hydrogens (primary N) is 2. The van der Waals surface area contributed by atoms with Gasteiger partial charge in [0.1, 0.15) is 46.6 Å². The van der Waals surface area contributed by atoms with Crippen LogP contribution < -0.4 is 27.4 Å². The van der Waals surface area contributed by atoms with Gasteiger partial charge < -0.3 is 37.4 Å². The van der Waals surface area contributed by atoms with Crippen molar-refractivity contribution < 1.29 is 33.5 Å². The van der Waals surface area contributed by atoms with Crippen molar-refractivity contribution in [2.75, 3.05) is 30.5 Å². The first-order chi connectivity index (χ1) is 21.5. The van der Waals surface area contributed by atoms with Gasteiger partial charge in [0, 0.05) is 38.6 Å². The van der Waals surface area contributed by atoms with Gasteiger partial charge in [-0.05, 0) is 6.07 Å². The number of guanidine groups is 1. The van der Waals surface area contributed by atoms with Gasteiger partial charge in [0.15, 0.2) is 16.8 Å². The number of nitrogens with zero attached hydrogens (tertiary/aromatic N) is 4.